The standard InChI is InChI=1S/C13H15F2N/c1-2-3-4-5-11(16)8-10-6-7-12(14)13(15)9-10/h1,6-7,9,11H,3-5,8,16H2. The van der Waals surface area contributed by atoms with Crippen molar-refractivity contribution in [2.45, 2.75) is 31.7 Å². The molecule has 0 aromatic heterocycles. The number of hydrogen-bond acceptors (Lipinski definition) is 1. The lowest BCUT2D eigenvalue weighted by Gasteiger charge is -2.10. The monoisotopic (exact) mass is 223 g/mol. The first kappa shape index (κ1) is 12.7. The van der Waals surface area contributed by atoms with Crippen LogP contribution in [0.5, 0.6) is 0 Å². The third-order valence-corrected chi connectivity index (χ3v) is 2.38. The van der Waals surface area contributed by atoms with E-state index in [1.807, 2.05) is 0 Å². The quantitative estimate of drug-likeness (QED) is 0.602. The minimum atomic E-state index is -0.829. The van der Waals surface area contributed by atoms with Gasteiger partial charge in [0.1, 0.15) is 0 Å². The summed E-state index contributed by atoms with van der Waals surface area (Å²) in [7, 11) is 0. The normalized spacial score (nSPS) is 12.1. The van der Waals surface area contributed by atoms with Crippen LogP contribution in [0.4, 0.5) is 8.78 Å². The van der Waals surface area contributed by atoms with Crippen molar-refractivity contribution in [3.05, 3.63) is 35.4 Å². The summed E-state index contributed by atoms with van der Waals surface area (Å²) < 4.78 is 25.6. The molecule has 86 valence electrons. The van der Waals surface area contributed by atoms with Crippen molar-refractivity contribution in [3.63, 3.8) is 0 Å². The SMILES string of the molecule is C#CCCCC(N)Cc1ccc(F)c(F)c1. The van der Waals surface area contributed by atoms with Gasteiger partial charge >= 0.3 is 0 Å². The third kappa shape index (κ3) is 4.00. The lowest BCUT2D eigenvalue weighted by molar-refractivity contribution is 0.505. The van der Waals surface area contributed by atoms with Gasteiger partial charge < -0.3 is 5.73 Å². The fraction of sp³-hybridized carbons (Fsp3) is 0.385. The molecule has 0 aliphatic heterocycles. The first-order valence-corrected chi connectivity index (χ1v) is 5.26. The molecule has 1 nitrogen and oxygen atoms in total. The molecule has 0 radical (unpaired) electrons. The summed E-state index contributed by atoms with van der Waals surface area (Å²) in [6.07, 6.45) is 8.02. The highest BCUT2D eigenvalue weighted by molar-refractivity contribution is 5.18. The summed E-state index contributed by atoms with van der Waals surface area (Å²) in [5.74, 6) is 0.884. The van der Waals surface area contributed by atoms with Gasteiger partial charge in [0.15, 0.2) is 11.6 Å². The summed E-state index contributed by atoms with van der Waals surface area (Å²) in [6.45, 7) is 0. The Kier molecular flexibility index (Phi) is 4.94. The van der Waals surface area contributed by atoms with Crippen LogP contribution in [0.25, 0.3) is 0 Å². The number of terminal acetylenes is 1. The topological polar surface area (TPSA) is 26.0 Å². The Bertz CT molecular complexity index is 382. The minimum absolute atomic E-state index is 0.0572. The third-order valence-electron chi connectivity index (χ3n) is 2.38. The van der Waals surface area contributed by atoms with Crippen LogP contribution in [-0.2, 0) is 6.42 Å². The Balaban J connectivity index is 2.47. The second-order valence-electron chi connectivity index (χ2n) is 3.81. The predicted octanol–water partition coefficient (Wildman–Crippen LogP) is 2.64. The van der Waals surface area contributed by atoms with Crippen molar-refractivity contribution >= 4 is 0 Å². The van der Waals surface area contributed by atoms with Gasteiger partial charge in [0.2, 0.25) is 0 Å². The maximum Gasteiger partial charge on any atom is 0.159 e. The van der Waals surface area contributed by atoms with Gasteiger partial charge in [-0.3, -0.25) is 0 Å². The maximum absolute atomic E-state index is 12.9. The van der Waals surface area contributed by atoms with Crippen LogP contribution in [0, 0.1) is 24.0 Å². The molecule has 0 spiro atoms. The van der Waals surface area contributed by atoms with E-state index in [9.17, 15) is 8.78 Å². The molecule has 0 amide bonds. The molecule has 1 rings (SSSR count). The Morgan fingerprint density at radius 1 is 1.31 bits per heavy atom. The number of unbranched alkanes of at least 4 members (excludes halogenated alkanes) is 1. The largest absolute Gasteiger partial charge is 0.327 e. The molecule has 1 atom stereocenters. The van der Waals surface area contributed by atoms with Crippen LogP contribution in [-0.4, -0.2) is 6.04 Å². The fourth-order valence-corrected chi connectivity index (χ4v) is 1.54. The first-order valence-electron chi connectivity index (χ1n) is 5.26. The summed E-state index contributed by atoms with van der Waals surface area (Å²) in [5.41, 5.74) is 6.56. The smallest absolute Gasteiger partial charge is 0.159 e. The van der Waals surface area contributed by atoms with Crippen LogP contribution >= 0.6 is 0 Å². The molecule has 0 saturated carbocycles. The number of benzene rings is 1. The van der Waals surface area contributed by atoms with Crippen molar-refractivity contribution in [3.8, 4) is 12.3 Å². The zero-order chi connectivity index (χ0) is 12.0. The second-order valence-corrected chi connectivity index (χ2v) is 3.81. The lowest BCUT2D eigenvalue weighted by atomic mass is 10.0. The zero-order valence-electron chi connectivity index (χ0n) is 9.05. The summed E-state index contributed by atoms with van der Waals surface area (Å²) >= 11 is 0. The van der Waals surface area contributed by atoms with Crippen LogP contribution in [0.3, 0.4) is 0 Å². The minimum Gasteiger partial charge on any atom is -0.327 e. The van der Waals surface area contributed by atoms with E-state index >= 15 is 0 Å². The van der Waals surface area contributed by atoms with Gasteiger partial charge in [-0.2, -0.15) is 0 Å². The molecule has 2 N–H and O–H groups in total. The summed E-state index contributed by atoms with van der Waals surface area (Å²) in [5, 5.41) is 0. The van der Waals surface area contributed by atoms with Gasteiger partial charge in [0.05, 0.1) is 0 Å². The highest BCUT2D eigenvalue weighted by atomic mass is 19.2. The average molecular weight is 223 g/mol. The van der Waals surface area contributed by atoms with Crippen LogP contribution in [0.15, 0.2) is 18.2 Å². The first-order chi connectivity index (χ1) is 7.63. The van der Waals surface area contributed by atoms with E-state index < -0.39 is 11.6 Å². The van der Waals surface area contributed by atoms with Gasteiger partial charge in [0.25, 0.3) is 0 Å². The molecular weight excluding hydrogens is 208 g/mol. The molecule has 3 heteroatoms. The van der Waals surface area contributed by atoms with Crippen molar-refractivity contribution in [1.29, 1.82) is 0 Å². The maximum atomic E-state index is 12.9. The Hall–Kier alpha value is -1.40. The van der Waals surface area contributed by atoms with Crippen molar-refractivity contribution < 1.29 is 8.78 Å². The zero-order valence-corrected chi connectivity index (χ0v) is 9.05. The van der Waals surface area contributed by atoms with Gasteiger partial charge in [-0.25, -0.2) is 8.78 Å². The fourth-order valence-electron chi connectivity index (χ4n) is 1.54. The highest BCUT2D eigenvalue weighted by Crippen LogP contribution is 2.11. The molecule has 16 heavy (non-hydrogen) atoms. The molecular formula is C13H15F2N. The van der Waals surface area contributed by atoms with Crippen LogP contribution < -0.4 is 5.73 Å². The molecule has 1 aromatic carbocycles. The summed E-state index contributed by atoms with van der Waals surface area (Å²) in [6, 6.07) is 3.81. The molecule has 0 bridgehead atoms. The Labute approximate surface area is 94.7 Å². The van der Waals surface area contributed by atoms with E-state index in [1.54, 1.807) is 6.07 Å². The average Bonchev–Trinajstić information content (AvgIpc) is 2.24. The highest BCUT2D eigenvalue weighted by Gasteiger charge is 2.07. The predicted molar refractivity (Wildman–Crippen MR) is 60.7 cm³/mol. The number of rotatable bonds is 5. The molecule has 0 fully saturated rings. The van der Waals surface area contributed by atoms with Gasteiger partial charge in [0, 0.05) is 12.5 Å². The number of hydrogen-bond donors (Lipinski definition) is 1. The van der Waals surface area contributed by atoms with Gasteiger partial charge in [-0.1, -0.05) is 6.07 Å². The molecule has 0 heterocycles. The van der Waals surface area contributed by atoms with E-state index in [-0.39, 0.29) is 6.04 Å². The van der Waals surface area contributed by atoms with E-state index in [1.165, 1.54) is 6.07 Å². The summed E-state index contributed by atoms with van der Waals surface area (Å²) in [4.78, 5) is 0. The van der Waals surface area contributed by atoms with Gasteiger partial charge in [-0.15, -0.1) is 12.3 Å². The van der Waals surface area contributed by atoms with Gasteiger partial charge in [-0.05, 0) is 37.0 Å². The van der Waals surface area contributed by atoms with Crippen molar-refractivity contribution in [2.75, 3.05) is 0 Å². The molecule has 0 saturated heterocycles. The Morgan fingerprint density at radius 2 is 2.06 bits per heavy atom. The Morgan fingerprint density at radius 3 is 2.69 bits per heavy atom. The molecule has 1 unspecified atom stereocenters. The number of halogens is 2. The van der Waals surface area contributed by atoms with E-state index in [2.05, 4.69) is 5.92 Å². The molecule has 0 aliphatic carbocycles. The van der Waals surface area contributed by atoms with Crippen molar-refractivity contribution in [2.24, 2.45) is 5.73 Å². The van der Waals surface area contributed by atoms with Crippen LogP contribution in [0.1, 0.15) is 24.8 Å². The van der Waals surface area contributed by atoms with Crippen molar-refractivity contribution in [1.82, 2.24) is 0 Å². The van der Waals surface area contributed by atoms with Crippen LogP contribution in [0.2, 0.25) is 0 Å². The molecule has 1 aromatic rings. The second kappa shape index (κ2) is 6.24. The van der Waals surface area contributed by atoms with E-state index in [0.717, 1.165) is 18.9 Å². The number of nitrogens with two attached hydrogens (primary N) is 1. The van der Waals surface area contributed by atoms with E-state index in [4.69, 9.17) is 12.2 Å². The lowest BCUT2D eigenvalue weighted by Crippen LogP contribution is -2.22. The van der Waals surface area contributed by atoms with E-state index in [0.29, 0.717) is 18.4 Å². The molecule has 0 aliphatic rings.